The first kappa shape index (κ1) is 13.5. The minimum atomic E-state index is 0.571. The van der Waals surface area contributed by atoms with Crippen LogP contribution >= 0.6 is 0 Å². The lowest BCUT2D eigenvalue weighted by molar-refractivity contribution is 0.286. The van der Waals surface area contributed by atoms with Crippen molar-refractivity contribution in [2.24, 2.45) is 7.05 Å². The van der Waals surface area contributed by atoms with E-state index in [1.807, 2.05) is 25.7 Å². The van der Waals surface area contributed by atoms with E-state index in [0.717, 1.165) is 31.1 Å². The molecule has 0 aromatic carbocycles. The van der Waals surface area contributed by atoms with Crippen LogP contribution in [0.5, 0.6) is 0 Å². The number of aromatic nitrogens is 2. The average molecular weight is 235 g/mol. The standard InChI is InChI=1S/C12H21N5/c1-5-17(8-6-7-13)9-11-10(2)15-16(4)12(11)14-3/h14H,5-6,8-9H2,1-4H3. The van der Waals surface area contributed by atoms with Crippen molar-refractivity contribution in [2.75, 3.05) is 25.5 Å². The van der Waals surface area contributed by atoms with Crippen molar-refractivity contribution in [3.8, 4) is 6.07 Å². The predicted octanol–water partition coefficient (Wildman–Crippen LogP) is 1.51. The highest BCUT2D eigenvalue weighted by atomic mass is 15.3. The molecule has 0 saturated carbocycles. The van der Waals surface area contributed by atoms with Crippen LogP contribution in [0.15, 0.2) is 0 Å². The lowest BCUT2D eigenvalue weighted by Crippen LogP contribution is -2.24. The molecule has 1 aromatic heterocycles. The van der Waals surface area contributed by atoms with Crippen LogP contribution in [0.4, 0.5) is 5.82 Å². The molecule has 94 valence electrons. The van der Waals surface area contributed by atoms with E-state index in [4.69, 9.17) is 5.26 Å². The van der Waals surface area contributed by atoms with E-state index in [9.17, 15) is 0 Å². The molecule has 0 aliphatic heterocycles. The summed E-state index contributed by atoms with van der Waals surface area (Å²) < 4.78 is 1.86. The average Bonchev–Trinajstić information content (AvgIpc) is 2.58. The van der Waals surface area contributed by atoms with E-state index in [-0.39, 0.29) is 0 Å². The van der Waals surface area contributed by atoms with E-state index in [1.54, 1.807) is 0 Å². The second-order valence-electron chi connectivity index (χ2n) is 4.06. The first-order valence-corrected chi connectivity index (χ1v) is 5.93. The molecule has 0 fully saturated rings. The molecule has 0 amide bonds. The molecule has 0 saturated heterocycles. The molecule has 0 unspecified atom stereocenters. The van der Waals surface area contributed by atoms with Gasteiger partial charge in [-0.25, -0.2) is 0 Å². The third kappa shape index (κ3) is 3.21. The summed E-state index contributed by atoms with van der Waals surface area (Å²) in [6.45, 7) is 6.73. The van der Waals surface area contributed by atoms with Crippen molar-refractivity contribution in [3.63, 3.8) is 0 Å². The number of nitrogens with zero attached hydrogens (tertiary/aromatic N) is 4. The van der Waals surface area contributed by atoms with Crippen LogP contribution in [-0.4, -0.2) is 34.8 Å². The molecule has 1 rings (SSSR count). The third-order valence-corrected chi connectivity index (χ3v) is 2.95. The fourth-order valence-electron chi connectivity index (χ4n) is 1.98. The van der Waals surface area contributed by atoms with Gasteiger partial charge in [-0.1, -0.05) is 6.92 Å². The van der Waals surface area contributed by atoms with Gasteiger partial charge in [0.05, 0.1) is 11.8 Å². The predicted molar refractivity (Wildman–Crippen MR) is 68.7 cm³/mol. The highest BCUT2D eigenvalue weighted by Gasteiger charge is 2.14. The van der Waals surface area contributed by atoms with Gasteiger partial charge in [0.1, 0.15) is 5.82 Å². The van der Waals surface area contributed by atoms with Crippen LogP contribution in [0.2, 0.25) is 0 Å². The van der Waals surface area contributed by atoms with Gasteiger partial charge in [0.2, 0.25) is 0 Å². The largest absolute Gasteiger partial charge is 0.373 e. The molecule has 0 bridgehead atoms. The van der Waals surface area contributed by atoms with Gasteiger partial charge in [-0.05, 0) is 13.5 Å². The third-order valence-electron chi connectivity index (χ3n) is 2.95. The molecule has 5 nitrogen and oxygen atoms in total. The zero-order valence-corrected chi connectivity index (χ0v) is 11.1. The Bertz CT molecular complexity index is 402. The van der Waals surface area contributed by atoms with Crippen molar-refractivity contribution in [1.82, 2.24) is 14.7 Å². The summed E-state index contributed by atoms with van der Waals surface area (Å²) in [7, 11) is 3.85. The first-order chi connectivity index (χ1) is 8.13. The molecule has 1 N–H and O–H groups in total. The summed E-state index contributed by atoms with van der Waals surface area (Å²) in [6.07, 6.45) is 0.571. The second-order valence-corrected chi connectivity index (χ2v) is 4.06. The minimum Gasteiger partial charge on any atom is -0.373 e. The van der Waals surface area contributed by atoms with Crippen molar-refractivity contribution in [2.45, 2.75) is 26.8 Å². The molecule has 0 aliphatic rings. The molecular weight excluding hydrogens is 214 g/mol. The highest BCUT2D eigenvalue weighted by molar-refractivity contribution is 5.46. The lowest BCUT2D eigenvalue weighted by atomic mass is 10.2. The first-order valence-electron chi connectivity index (χ1n) is 5.93. The van der Waals surface area contributed by atoms with Gasteiger partial charge < -0.3 is 5.32 Å². The van der Waals surface area contributed by atoms with E-state index < -0.39 is 0 Å². The fraction of sp³-hybridized carbons (Fsp3) is 0.667. The smallest absolute Gasteiger partial charge is 0.128 e. The molecule has 17 heavy (non-hydrogen) atoms. The lowest BCUT2D eigenvalue weighted by Gasteiger charge is -2.19. The summed E-state index contributed by atoms with van der Waals surface area (Å²) >= 11 is 0. The van der Waals surface area contributed by atoms with Crippen LogP contribution in [0.25, 0.3) is 0 Å². The van der Waals surface area contributed by atoms with Crippen molar-refractivity contribution in [1.29, 1.82) is 5.26 Å². The Kier molecular flexibility index (Phi) is 4.98. The Labute approximate surface area is 103 Å². The molecule has 0 atom stereocenters. The normalized spacial score (nSPS) is 10.6. The zero-order chi connectivity index (χ0) is 12.8. The molecular formula is C12H21N5. The SMILES string of the molecule is CCN(CCC#N)Cc1c(C)nn(C)c1NC. The Hall–Kier alpha value is -1.54. The summed E-state index contributed by atoms with van der Waals surface area (Å²) in [5, 5.41) is 16.2. The van der Waals surface area contributed by atoms with Crippen LogP contribution in [-0.2, 0) is 13.6 Å². The monoisotopic (exact) mass is 235 g/mol. The van der Waals surface area contributed by atoms with Crippen LogP contribution in [0.3, 0.4) is 0 Å². The summed E-state index contributed by atoms with van der Waals surface area (Å²) in [5.74, 6) is 1.05. The van der Waals surface area contributed by atoms with E-state index >= 15 is 0 Å². The molecule has 0 aliphatic carbocycles. The number of nitrogens with one attached hydrogen (secondary N) is 1. The Morgan fingerprint density at radius 3 is 2.76 bits per heavy atom. The molecule has 1 aromatic rings. The maximum Gasteiger partial charge on any atom is 0.128 e. The Morgan fingerprint density at radius 2 is 2.24 bits per heavy atom. The Balaban J connectivity index is 2.82. The molecule has 0 radical (unpaired) electrons. The number of hydrogen-bond donors (Lipinski definition) is 1. The zero-order valence-electron chi connectivity index (χ0n) is 11.1. The maximum absolute atomic E-state index is 8.63. The van der Waals surface area contributed by atoms with Crippen molar-refractivity contribution in [3.05, 3.63) is 11.3 Å². The van der Waals surface area contributed by atoms with E-state index in [1.165, 1.54) is 5.56 Å². The highest BCUT2D eigenvalue weighted by Crippen LogP contribution is 2.20. The summed E-state index contributed by atoms with van der Waals surface area (Å²) in [6, 6.07) is 2.19. The number of hydrogen-bond acceptors (Lipinski definition) is 4. The topological polar surface area (TPSA) is 56.9 Å². The van der Waals surface area contributed by atoms with Crippen molar-refractivity contribution < 1.29 is 0 Å². The van der Waals surface area contributed by atoms with Gasteiger partial charge in [0.15, 0.2) is 0 Å². The van der Waals surface area contributed by atoms with E-state index in [2.05, 4.69) is 28.3 Å². The molecule has 5 heteroatoms. The summed E-state index contributed by atoms with van der Waals surface area (Å²) in [5.41, 5.74) is 2.27. The maximum atomic E-state index is 8.63. The number of rotatable bonds is 6. The number of nitriles is 1. The number of aryl methyl sites for hydroxylation is 2. The second kappa shape index (κ2) is 6.26. The van der Waals surface area contributed by atoms with E-state index in [0.29, 0.717) is 6.42 Å². The van der Waals surface area contributed by atoms with Crippen LogP contribution in [0, 0.1) is 18.3 Å². The fourth-order valence-corrected chi connectivity index (χ4v) is 1.98. The van der Waals surface area contributed by atoms with Crippen LogP contribution < -0.4 is 5.32 Å². The van der Waals surface area contributed by atoms with Gasteiger partial charge in [-0.2, -0.15) is 10.4 Å². The quantitative estimate of drug-likeness (QED) is 0.812. The minimum absolute atomic E-state index is 0.571. The van der Waals surface area contributed by atoms with Crippen molar-refractivity contribution >= 4 is 5.82 Å². The van der Waals surface area contributed by atoms with Gasteiger partial charge >= 0.3 is 0 Å². The Morgan fingerprint density at radius 1 is 1.53 bits per heavy atom. The van der Waals surface area contributed by atoms with Gasteiger partial charge in [-0.3, -0.25) is 9.58 Å². The van der Waals surface area contributed by atoms with Gasteiger partial charge in [-0.15, -0.1) is 0 Å². The van der Waals surface area contributed by atoms with Gasteiger partial charge in [0.25, 0.3) is 0 Å². The van der Waals surface area contributed by atoms with Gasteiger partial charge in [0, 0.05) is 39.2 Å². The molecule has 0 spiro atoms. The summed E-state index contributed by atoms with van der Waals surface area (Å²) in [4.78, 5) is 2.26. The number of anilines is 1. The molecule has 1 heterocycles. The van der Waals surface area contributed by atoms with Crippen LogP contribution in [0.1, 0.15) is 24.6 Å².